The summed E-state index contributed by atoms with van der Waals surface area (Å²) >= 11 is 0. The van der Waals surface area contributed by atoms with Crippen molar-refractivity contribution >= 4 is 17.0 Å². The van der Waals surface area contributed by atoms with E-state index in [1.807, 2.05) is 24.3 Å². The lowest BCUT2D eigenvalue weighted by molar-refractivity contribution is -0.0594. The van der Waals surface area contributed by atoms with Crippen LogP contribution in [-0.4, -0.2) is 58.3 Å². The van der Waals surface area contributed by atoms with E-state index in [-0.39, 0.29) is 36.2 Å². The molecule has 2 fully saturated rings. The predicted octanol–water partition coefficient (Wildman–Crippen LogP) is 5.80. The zero-order valence-electron chi connectivity index (χ0n) is 23.8. The van der Waals surface area contributed by atoms with E-state index in [0.717, 1.165) is 67.6 Å². The molecule has 2 aromatic heterocycles. The number of likely N-dealkylation sites (tertiary alicyclic amines) is 1. The molecule has 0 radical (unpaired) electrons. The fourth-order valence-electron chi connectivity index (χ4n) is 5.80. The van der Waals surface area contributed by atoms with Gasteiger partial charge < -0.3 is 18.8 Å². The van der Waals surface area contributed by atoms with Gasteiger partial charge in [0.2, 0.25) is 5.88 Å². The lowest BCUT2D eigenvalue weighted by Crippen LogP contribution is -2.37. The number of aromatic nitrogens is 3. The molecule has 10 heteroatoms. The number of ether oxygens (including phenoxy) is 3. The minimum absolute atomic E-state index is 0.0213. The van der Waals surface area contributed by atoms with Crippen molar-refractivity contribution in [1.29, 1.82) is 0 Å². The molecule has 0 amide bonds. The fraction of sp³-hybridized carbons (Fsp3) is 0.406. The van der Waals surface area contributed by atoms with Crippen LogP contribution in [0.15, 0.2) is 54.6 Å². The summed E-state index contributed by atoms with van der Waals surface area (Å²) in [6, 6.07) is 14.7. The van der Waals surface area contributed by atoms with Gasteiger partial charge in [0.25, 0.3) is 0 Å². The van der Waals surface area contributed by atoms with E-state index >= 15 is 0 Å². The van der Waals surface area contributed by atoms with Gasteiger partial charge >= 0.3 is 5.97 Å². The van der Waals surface area contributed by atoms with Crippen molar-refractivity contribution in [2.75, 3.05) is 26.8 Å². The first-order chi connectivity index (χ1) is 20.4. The monoisotopic (exact) mass is 576 g/mol. The third-order valence-corrected chi connectivity index (χ3v) is 8.38. The van der Waals surface area contributed by atoms with Crippen molar-refractivity contribution in [3.63, 3.8) is 0 Å². The lowest BCUT2D eigenvalue weighted by Gasteiger charge is -2.36. The zero-order chi connectivity index (χ0) is 29.2. The molecule has 2 aromatic carbocycles. The number of halogens is 2. The summed E-state index contributed by atoms with van der Waals surface area (Å²) in [6.07, 6.45) is 2.99. The Morgan fingerprint density at radius 2 is 1.88 bits per heavy atom. The largest absolute Gasteiger partial charge is 0.473 e. The summed E-state index contributed by atoms with van der Waals surface area (Å²) in [4.78, 5) is 24.4. The quantitative estimate of drug-likeness (QED) is 0.233. The average Bonchev–Trinajstić information content (AvgIpc) is 3.35. The van der Waals surface area contributed by atoms with Gasteiger partial charge in [0.15, 0.2) is 0 Å². The van der Waals surface area contributed by atoms with Crippen LogP contribution in [-0.2, 0) is 22.6 Å². The molecule has 2 saturated heterocycles. The van der Waals surface area contributed by atoms with Crippen LogP contribution in [0.25, 0.3) is 11.0 Å². The van der Waals surface area contributed by atoms with Gasteiger partial charge in [-0.1, -0.05) is 6.07 Å². The minimum Gasteiger partial charge on any atom is -0.473 e. The molecular formula is C32H34F2N4O4. The van der Waals surface area contributed by atoms with Crippen molar-refractivity contribution in [3.8, 4) is 5.88 Å². The van der Waals surface area contributed by atoms with Crippen LogP contribution < -0.4 is 4.74 Å². The molecule has 4 heterocycles. The normalized spacial score (nSPS) is 18.5. The first-order valence-electron chi connectivity index (χ1n) is 14.4. The number of carbonyl (C=O) groups excluding carboxylic acids is 1. The van der Waals surface area contributed by atoms with Crippen LogP contribution in [0.3, 0.4) is 0 Å². The maximum Gasteiger partial charge on any atom is 0.337 e. The molecule has 8 nitrogen and oxygen atoms in total. The number of benzene rings is 2. The van der Waals surface area contributed by atoms with Crippen molar-refractivity contribution in [2.45, 2.75) is 57.4 Å². The van der Waals surface area contributed by atoms with Gasteiger partial charge in [0.05, 0.1) is 42.4 Å². The van der Waals surface area contributed by atoms with E-state index in [1.165, 1.54) is 19.2 Å². The van der Waals surface area contributed by atoms with Crippen molar-refractivity contribution < 1.29 is 27.8 Å². The first kappa shape index (κ1) is 28.2. The van der Waals surface area contributed by atoms with Crippen LogP contribution in [0.4, 0.5) is 8.78 Å². The number of carbonyl (C=O) groups is 1. The molecule has 2 atom stereocenters. The lowest BCUT2D eigenvalue weighted by atomic mass is 9.92. The van der Waals surface area contributed by atoms with Gasteiger partial charge in [-0.05, 0) is 75.7 Å². The molecule has 0 saturated carbocycles. The predicted molar refractivity (Wildman–Crippen MR) is 152 cm³/mol. The second-order valence-electron chi connectivity index (χ2n) is 11.0. The highest BCUT2D eigenvalue weighted by Gasteiger charge is 2.30. The molecule has 2 aliphatic rings. The highest BCUT2D eigenvalue weighted by molar-refractivity contribution is 5.93. The molecule has 6 rings (SSSR count). The Hall–Kier alpha value is -3.89. The number of rotatable bonds is 9. The number of esters is 1. The maximum atomic E-state index is 14.0. The standard InChI is InChI=1S/C32H34F2N4O4/c1-20(31-36-28-9-7-22(32(39)40-2)16-29(28)38(31)18-25-12-15-41-25)37-13-10-21(11-14-37)27-4-3-5-30(35-27)42-19-23-6-8-24(33)17-26(23)34/h3-9,16-17,20-21,25H,10-15,18-19H2,1-2H3/t20-,25-/m0/s1. The molecule has 0 aliphatic carbocycles. The molecule has 2 aliphatic heterocycles. The van der Waals surface area contributed by atoms with E-state index in [9.17, 15) is 13.6 Å². The number of piperidine rings is 1. The van der Waals surface area contributed by atoms with Crippen molar-refractivity contribution in [3.05, 3.63) is 88.9 Å². The second-order valence-corrected chi connectivity index (χ2v) is 11.0. The average molecular weight is 577 g/mol. The summed E-state index contributed by atoms with van der Waals surface area (Å²) in [5, 5.41) is 0. The van der Waals surface area contributed by atoms with Gasteiger partial charge in [0, 0.05) is 35.9 Å². The van der Waals surface area contributed by atoms with Crippen LogP contribution in [0.5, 0.6) is 5.88 Å². The van der Waals surface area contributed by atoms with Crippen LogP contribution >= 0.6 is 0 Å². The van der Waals surface area contributed by atoms with Gasteiger partial charge in [-0.25, -0.2) is 23.5 Å². The minimum atomic E-state index is -0.634. The van der Waals surface area contributed by atoms with E-state index in [2.05, 4.69) is 16.4 Å². The van der Waals surface area contributed by atoms with Gasteiger partial charge in [-0.3, -0.25) is 4.90 Å². The van der Waals surface area contributed by atoms with E-state index < -0.39 is 11.6 Å². The molecule has 0 bridgehead atoms. The Bertz CT molecular complexity index is 1580. The topological polar surface area (TPSA) is 78.7 Å². The highest BCUT2D eigenvalue weighted by atomic mass is 19.1. The Morgan fingerprint density at radius 3 is 2.60 bits per heavy atom. The molecule has 42 heavy (non-hydrogen) atoms. The second kappa shape index (κ2) is 12.1. The Balaban J connectivity index is 1.14. The van der Waals surface area contributed by atoms with Crippen LogP contribution in [0.1, 0.15) is 65.6 Å². The fourth-order valence-corrected chi connectivity index (χ4v) is 5.80. The number of imidazole rings is 1. The number of hydrogen-bond acceptors (Lipinski definition) is 7. The highest BCUT2D eigenvalue weighted by Crippen LogP contribution is 2.34. The summed E-state index contributed by atoms with van der Waals surface area (Å²) in [5.41, 5.74) is 3.49. The number of pyridine rings is 1. The molecule has 0 unspecified atom stereocenters. The first-order valence-corrected chi connectivity index (χ1v) is 14.4. The summed E-state index contributed by atoms with van der Waals surface area (Å²) in [5.74, 6) is 0.0312. The van der Waals surface area contributed by atoms with E-state index in [0.29, 0.717) is 18.0 Å². The molecule has 4 aromatic rings. The van der Waals surface area contributed by atoms with Gasteiger partial charge in [0.1, 0.15) is 24.1 Å². The van der Waals surface area contributed by atoms with Crippen LogP contribution in [0.2, 0.25) is 0 Å². The Morgan fingerprint density at radius 1 is 1.07 bits per heavy atom. The zero-order valence-corrected chi connectivity index (χ0v) is 23.8. The van der Waals surface area contributed by atoms with Gasteiger partial charge in [-0.15, -0.1) is 0 Å². The number of fused-ring (bicyclic) bond motifs is 1. The Labute approximate surface area is 243 Å². The van der Waals surface area contributed by atoms with Crippen molar-refractivity contribution in [2.24, 2.45) is 0 Å². The molecular weight excluding hydrogens is 542 g/mol. The maximum absolute atomic E-state index is 14.0. The number of hydrogen-bond donors (Lipinski definition) is 0. The van der Waals surface area contributed by atoms with Gasteiger partial charge in [-0.2, -0.15) is 0 Å². The summed E-state index contributed by atoms with van der Waals surface area (Å²) < 4.78 is 45.9. The molecule has 220 valence electrons. The van der Waals surface area contributed by atoms with E-state index in [1.54, 1.807) is 12.1 Å². The Kier molecular flexibility index (Phi) is 8.17. The van der Waals surface area contributed by atoms with Crippen molar-refractivity contribution in [1.82, 2.24) is 19.4 Å². The molecule has 0 spiro atoms. The summed E-state index contributed by atoms with van der Waals surface area (Å²) in [6.45, 7) is 5.36. The molecule has 0 N–H and O–H groups in total. The smallest absolute Gasteiger partial charge is 0.337 e. The van der Waals surface area contributed by atoms with Crippen LogP contribution in [0, 0.1) is 11.6 Å². The SMILES string of the molecule is COC(=O)c1ccc2nc([C@H](C)N3CCC(c4cccc(OCc5ccc(F)cc5F)n4)CC3)n(C[C@@H]3CCO3)c2c1. The third-order valence-electron chi connectivity index (χ3n) is 8.38. The third kappa shape index (κ3) is 5.87. The summed E-state index contributed by atoms with van der Waals surface area (Å²) in [7, 11) is 1.39. The number of methoxy groups -OCH3 is 1. The van der Waals surface area contributed by atoms with E-state index in [4.69, 9.17) is 24.2 Å². The number of nitrogens with zero attached hydrogens (tertiary/aromatic N) is 4.